The summed E-state index contributed by atoms with van der Waals surface area (Å²) < 4.78 is 6.24. The van der Waals surface area contributed by atoms with Crippen LogP contribution in [0.3, 0.4) is 0 Å². The molecule has 0 bridgehead atoms. The van der Waals surface area contributed by atoms with Gasteiger partial charge >= 0.3 is 0 Å². The van der Waals surface area contributed by atoms with Gasteiger partial charge in [-0.2, -0.15) is 0 Å². The zero-order valence-electron chi connectivity index (χ0n) is 16.4. The number of halogens is 2. The Labute approximate surface area is 190 Å². The van der Waals surface area contributed by atoms with Crippen LogP contribution in [0.1, 0.15) is 27.8 Å². The molecule has 0 radical (unpaired) electrons. The second-order valence-electron chi connectivity index (χ2n) is 6.91. The molecule has 156 valence electrons. The fourth-order valence-electron chi connectivity index (χ4n) is 3.19. The maximum Gasteiger partial charge on any atom is 0.255 e. The molecule has 1 unspecified atom stereocenters. The molecule has 0 spiro atoms. The van der Waals surface area contributed by atoms with Crippen LogP contribution in [0.5, 0.6) is 5.75 Å². The van der Waals surface area contributed by atoms with Gasteiger partial charge in [-0.05, 0) is 48.0 Å². The molecule has 4 rings (SSSR count). The lowest BCUT2D eigenvalue weighted by molar-refractivity contribution is 0.102. The van der Waals surface area contributed by atoms with E-state index >= 15 is 0 Å². The third-order valence-corrected chi connectivity index (χ3v) is 5.01. The van der Waals surface area contributed by atoms with E-state index in [1.54, 1.807) is 36.7 Å². The van der Waals surface area contributed by atoms with Crippen molar-refractivity contribution in [3.05, 3.63) is 112 Å². The van der Waals surface area contributed by atoms with E-state index in [9.17, 15) is 4.79 Å². The number of rotatable bonds is 7. The van der Waals surface area contributed by atoms with E-state index in [1.807, 2.05) is 48.5 Å². The second-order valence-corrected chi connectivity index (χ2v) is 7.78. The van der Waals surface area contributed by atoms with Gasteiger partial charge in [-0.25, -0.2) is 4.98 Å². The minimum Gasteiger partial charge on any atom is -0.482 e. The highest BCUT2D eigenvalue weighted by molar-refractivity contribution is 6.34. The van der Waals surface area contributed by atoms with Crippen LogP contribution < -0.4 is 10.1 Å². The van der Waals surface area contributed by atoms with E-state index < -0.39 is 6.10 Å². The van der Waals surface area contributed by atoms with Crippen molar-refractivity contribution in [3.63, 3.8) is 0 Å². The van der Waals surface area contributed by atoms with Crippen molar-refractivity contribution in [1.29, 1.82) is 0 Å². The van der Waals surface area contributed by atoms with Gasteiger partial charge in [-0.1, -0.05) is 47.5 Å². The van der Waals surface area contributed by atoms with Gasteiger partial charge in [0, 0.05) is 46.2 Å². The number of ether oxygens (including phenoxy) is 1. The molecule has 1 aromatic heterocycles. The number of nitrogens with zero attached hydrogens (tertiary/aromatic N) is 1. The molecule has 7 heteroatoms. The number of anilines is 1. The Morgan fingerprint density at radius 2 is 1.77 bits per heavy atom. The SMILES string of the molecule is O=C(Nc1cccc(OC(Cc2cc(Cl)cc(Cl)c2)c2ncc[nH]2)c1)c1ccccc1. The molecule has 0 fully saturated rings. The van der Waals surface area contributed by atoms with Crippen LogP contribution in [0.15, 0.2) is 85.2 Å². The highest BCUT2D eigenvalue weighted by atomic mass is 35.5. The minimum absolute atomic E-state index is 0.186. The zero-order chi connectivity index (χ0) is 21.6. The number of benzene rings is 3. The summed E-state index contributed by atoms with van der Waals surface area (Å²) >= 11 is 12.3. The van der Waals surface area contributed by atoms with Crippen molar-refractivity contribution in [2.24, 2.45) is 0 Å². The van der Waals surface area contributed by atoms with Crippen LogP contribution in [-0.2, 0) is 6.42 Å². The number of nitrogens with one attached hydrogen (secondary N) is 2. The van der Waals surface area contributed by atoms with E-state index in [0.717, 1.165) is 5.56 Å². The molecule has 0 aliphatic heterocycles. The van der Waals surface area contributed by atoms with Gasteiger partial charge in [-0.3, -0.25) is 4.79 Å². The number of H-pyrrole nitrogens is 1. The van der Waals surface area contributed by atoms with E-state index in [2.05, 4.69) is 15.3 Å². The van der Waals surface area contributed by atoms with Crippen molar-refractivity contribution >= 4 is 34.8 Å². The highest BCUT2D eigenvalue weighted by Gasteiger charge is 2.18. The number of hydrogen-bond donors (Lipinski definition) is 2. The molecule has 0 aliphatic rings. The Kier molecular flexibility index (Phi) is 6.55. The van der Waals surface area contributed by atoms with Crippen LogP contribution in [-0.4, -0.2) is 15.9 Å². The van der Waals surface area contributed by atoms with Crippen molar-refractivity contribution < 1.29 is 9.53 Å². The van der Waals surface area contributed by atoms with E-state index in [1.165, 1.54) is 0 Å². The first-order chi connectivity index (χ1) is 15.1. The van der Waals surface area contributed by atoms with Gasteiger partial charge in [0.05, 0.1) is 0 Å². The van der Waals surface area contributed by atoms with Crippen molar-refractivity contribution in [1.82, 2.24) is 9.97 Å². The minimum atomic E-state index is -0.399. The van der Waals surface area contributed by atoms with Gasteiger partial charge in [0.1, 0.15) is 11.6 Å². The molecule has 0 saturated heterocycles. The third kappa shape index (κ3) is 5.66. The smallest absolute Gasteiger partial charge is 0.255 e. The van der Waals surface area contributed by atoms with Crippen LogP contribution in [0, 0.1) is 0 Å². The largest absolute Gasteiger partial charge is 0.482 e. The monoisotopic (exact) mass is 451 g/mol. The molecule has 1 atom stereocenters. The Bertz CT molecular complexity index is 1140. The summed E-state index contributed by atoms with van der Waals surface area (Å²) in [6.07, 6.45) is 3.53. The predicted molar refractivity (Wildman–Crippen MR) is 123 cm³/mol. The molecular weight excluding hydrogens is 433 g/mol. The maximum atomic E-state index is 12.4. The van der Waals surface area contributed by atoms with Crippen molar-refractivity contribution in [2.45, 2.75) is 12.5 Å². The molecule has 5 nitrogen and oxygen atoms in total. The van der Waals surface area contributed by atoms with Gasteiger partial charge in [0.25, 0.3) is 5.91 Å². The molecule has 2 N–H and O–H groups in total. The summed E-state index contributed by atoms with van der Waals surface area (Å²) in [7, 11) is 0. The van der Waals surface area contributed by atoms with Gasteiger partial charge in [-0.15, -0.1) is 0 Å². The van der Waals surface area contributed by atoms with Crippen LogP contribution in [0.25, 0.3) is 0 Å². The Balaban J connectivity index is 1.53. The number of amides is 1. The molecular formula is C24H19Cl2N3O2. The van der Waals surface area contributed by atoms with Crippen molar-refractivity contribution in [3.8, 4) is 5.75 Å². The summed E-state index contributed by atoms with van der Waals surface area (Å²) in [6, 6.07) is 21.7. The Hall–Kier alpha value is -3.28. The lowest BCUT2D eigenvalue weighted by Crippen LogP contribution is -2.14. The van der Waals surface area contributed by atoms with Gasteiger partial charge in [0.2, 0.25) is 0 Å². The molecule has 3 aromatic carbocycles. The first kappa shape index (κ1) is 21.0. The average Bonchev–Trinajstić information content (AvgIpc) is 3.28. The Morgan fingerprint density at radius 1 is 1.00 bits per heavy atom. The molecule has 1 amide bonds. The normalized spacial score (nSPS) is 11.7. The topological polar surface area (TPSA) is 67.0 Å². The van der Waals surface area contributed by atoms with Crippen molar-refractivity contribution in [2.75, 3.05) is 5.32 Å². The first-order valence-corrected chi connectivity index (χ1v) is 10.4. The number of aromatic nitrogens is 2. The fraction of sp³-hybridized carbons (Fsp3) is 0.0833. The van der Waals surface area contributed by atoms with Crippen LogP contribution in [0.4, 0.5) is 5.69 Å². The number of hydrogen-bond acceptors (Lipinski definition) is 3. The second kappa shape index (κ2) is 9.69. The summed E-state index contributed by atoms with van der Waals surface area (Å²) in [4.78, 5) is 19.9. The lowest BCUT2D eigenvalue weighted by atomic mass is 10.1. The van der Waals surface area contributed by atoms with E-state index in [4.69, 9.17) is 27.9 Å². The Morgan fingerprint density at radius 3 is 2.48 bits per heavy atom. The summed E-state index contributed by atoms with van der Waals surface area (Å²) in [5.74, 6) is 1.09. The standard InChI is InChI=1S/C24H19Cl2N3O2/c25-18-11-16(12-19(26)14-18)13-22(23-27-9-10-28-23)31-21-8-4-7-20(15-21)29-24(30)17-5-2-1-3-6-17/h1-12,14-15,22H,13H2,(H,27,28)(H,29,30). The molecule has 0 aliphatic carbocycles. The zero-order valence-corrected chi connectivity index (χ0v) is 17.9. The van der Waals surface area contributed by atoms with Crippen LogP contribution >= 0.6 is 23.2 Å². The first-order valence-electron chi connectivity index (χ1n) is 9.64. The number of carbonyl (C=O) groups excluding carboxylic acids is 1. The molecule has 31 heavy (non-hydrogen) atoms. The fourth-order valence-corrected chi connectivity index (χ4v) is 3.77. The predicted octanol–water partition coefficient (Wildman–Crippen LogP) is 6.33. The van der Waals surface area contributed by atoms with Gasteiger partial charge in [0.15, 0.2) is 6.10 Å². The maximum absolute atomic E-state index is 12.4. The summed E-state index contributed by atoms with van der Waals surface area (Å²) in [5, 5.41) is 4.02. The molecule has 4 aromatic rings. The van der Waals surface area contributed by atoms with E-state index in [-0.39, 0.29) is 5.91 Å². The number of imidazole rings is 1. The van der Waals surface area contributed by atoms with Gasteiger partial charge < -0.3 is 15.0 Å². The highest BCUT2D eigenvalue weighted by Crippen LogP contribution is 2.28. The molecule has 0 saturated carbocycles. The number of aromatic amines is 1. The van der Waals surface area contributed by atoms with E-state index in [0.29, 0.717) is 39.3 Å². The number of carbonyl (C=O) groups is 1. The molecule has 1 heterocycles. The third-order valence-electron chi connectivity index (χ3n) is 4.57. The quantitative estimate of drug-likeness (QED) is 0.344. The lowest BCUT2D eigenvalue weighted by Gasteiger charge is -2.18. The summed E-state index contributed by atoms with van der Waals surface area (Å²) in [6.45, 7) is 0. The summed E-state index contributed by atoms with van der Waals surface area (Å²) in [5.41, 5.74) is 2.14. The van der Waals surface area contributed by atoms with Crippen LogP contribution in [0.2, 0.25) is 10.0 Å². The average molecular weight is 452 g/mol.